The maximum Gasteiger partial charge on any atom is 0.326 e. The highest BCUT2D eigenvalue weighted by Gasteiger charge is 2.18. The van der Waals surface area contributed by atoms with E-state index in [4.69, 9.17) is 22.4 Å². The molecule has 0 fully saturated rings. The Morgan fingerprint density at radius 2 is 2.17 bits per heavy atom. The molecule has 5 nitrogen and oxygen atoms in total. The third-order valence-electron chi connectivity index (χ3n) is 1.24. The van der Waals surface area contributed by atoms with Crippen LogP contribution in [0.4, 0.5) is 0 Å². The van der Waals surface area contributed by atoms with E-state index in [1.807, 2.05) is 0 Å². The lowest BCUT2D eigenvalue weighted by Crippen LogP contribution is -2.22. The van der Waals surface area contributed by atoms with Crippen molar-refractivity contribution < 1.29 is 9.90 Å². The Kier molecular flexibility index (Phi) is 2.57. The molecule has 0 saturated heterocycles. The van der Waals surface area contributed by atoms with Crippen molar-refractivity contribution in [2.75, 3.05) is 0 Å². The predicted octanol–water partition coefficient (Wildman–Crippen LogP) is 0.214. The second kappa shape index (κ2) is 3.46. The van der Waals surface area contributed by atoms with Crippen LogP contribution in [0, 0.1) is 0 Å². The maximum atomic E-state index is 10.4. The topological polar surface area (TPSA) is 89.1 Å². The molecule has 0 aliphatic rings. The van der Waals surface area contributed by atoms with Crippen molar-refractivity contribution in [3.63, 3.8) is 0 Å². The monoisotopic (exact) mass is 187 g/mol. The number of carboxylic acid groups (broad SMARTS) is 1. The van der Waals surface area contributed by atoms with E-state index >= 15 is 0 Å². The summed E-state index contributed by atoms with van der Waals surface area (Å²) in [5.41, 5.74) is 5.33. The average Bonchev–Trinajstić information content (AvgIpc) is 2.04. The third-order valence-corrected chi connectivity index (χ3v) is 1.53. The zero-order valence-corrected chi connectivity index (χ0v) is 6.69. The van der Waals surface area contributed by atoms with E-state index in [9.17, 15) is 4.79 Å². The van der Waals surface area contributed by atoms with Gasteiger partial charge in [0, 0.05) is 12.4 Å². The molecule has 1 heterocycles. The molecule has 0 radical (unpaired) electrons. The highest BCUT2D eigenvalue weighted by Crippen LogP contribution is 2.15. The van der Waals surface area contributed by atoms with Gasteiger partial charge in [-0.15, -0.1) is 0 Å². The van der Waals surface area contributed by atoms with Gasteiger partial charge in [0.2, 0.25) is 0 Å². The highest BCUT2D eigenvalue weighted by atomic mass is 35.5. The standard InChI is InChI=1S/C6H6ClN3O2/c7-5-4(3(8)6(11)12)9-1-2-10-5/h1-3H,8H2,(H,11,12). The van der Waals surface area contributed by atoms with Gasteiger partial charge in [-0.2, -0.15) is 0 Å². The first kappa shape index (κ1) is 8.89. The minimum Gasteiger partial charge on any atom is -0.480 e. The van der Waals surface area contributed by atoms with E-state index < -0.39 is 12.0 Å². The quantitative estimate of drug-likeness (QED) is 0.691. The van der Waals surface area contributed by atoms with Crippen molar-refractivity contribution in [2.45, 2.75) is 6.04 Å². The minimum absolute atomic E-state index is 0.0207. The predicted molar refractivity (Wildman–Crippen MR) is 41.6 cm³/mol. The summed E-state index contributed by atoms with van der Waals surface area (Å²) in [6, 6.07) is -1.22. The number of nitrogens with two attached hydrogens (primary N) is 1. The van der Waals surface area contributed by atoms with Crippen molar-refractivity contribution in [2.24, 2.45) is 5.73 Å². The zero-order chi connectivity index (χ0) is 9.14. The van der Waals surface area contributed by atoms with Gasteiger partial charge in [-0.1, -0.05) is 11.6 Å². The van der Waals surface area contributed by atoms with Crippen LogP contribution in [0.3, 0.4) is 0 Å². The van der Waals surface area contributed by atoms with E-state index in [-0.39, 0.29) is 10.8 Å². The van der Waals surface area contributed by atoms with Gasteiger partial charge in [-0.3, -0.25) is 9.78 Å². The molecular weight excluding hydrogens is 182 g/mol. The van der Waals surface area contributed by atoms with Crippen LogP contribution in [-0.4, -0.2) is 21.0 Å². The smallest absolute Gasteiger partial charge is 0.326 e. The van der Waals surface area contributed by atoms with Gasteiger partial charge in [0.15, 0.2) is 5.15 Å². The number of hydrogen-bond donors (Lipinski definition) is 2. The van der Waals surface area contributed by atoms with Crippen LogP contribution in [0.15, 0.2) is 12.4 Å². The molecule has 64 valence electrons. The van der Waals surface area contributed by atoms with E-state index in [2.05, 4.69) is 9.97 Å². The van der Waals surface area contributed by atoms with Crippen molar-refractivity contribution in [3.05, 3.63) is 23.2 Å². The second-order valence-electron chi connectivity index (χ2n) is 2.05. The van der Waals surface area contributed by atoms with Crippen LogP contribution in [0.1, 0.15) is 11.7 Å². The lowest BCUT2D eigenvalue weighted by Gasteiger charge is -2.05. The van der Waals surface area contributed by atoms with Crippen LogP contribution in [0.2, 0.25) is 5.15 Å². The Morgan fingerprint density at radius 3 is 2.67 bits per heavy atom. The summed E-state index contributed by atoms with van der Waals surface area (Å²) in [4.78, 5) is 17.7. The fourth-order valence-corrected chi connectivity index (χ4v) is 0.880. The molecule has 12 heavy (non-hydrogen) atoms. The molecule has 0 aliphatic heterocycles. The van der Waals surface area contributed by atoms with E-state index in [1.165, 1.54) is 12.4 Å². The number of nitrogens with zero attached hydrogens (tertiary/aromatic N) is 2. The van der Waals surface area contributed by atoms with Crippen LogP contribution in [0.25, 0.3) is 0 Å². The summed E-state index contributed by atoms with van der Waals surface area (Å²) in [6.07, 6.45) is 2.70. The van der Waals surface area contributed by atoms with E-state index in [0.717, 1.165) is 0 Å². The molecule has 1 rings (SSSR count). The van der Waals surface area contributed by atoms with E-state index in [1.54, 1.807) is 0 Å². The molecule has 1 unspecified atom stereocenters. The Labute approximate surface area is 73.2 Å². The van der Waals surface area contributed by atoms with Crippen LogP contribution < -0.4 is 5.73 Å². The first-order valence-corrected chi connectivity index (χ1v) is 3.45. The summed E-state index contributed by atoms with van der Waals surface area (Å²) >= 11 is 5.55. The summed E-state index contributed by atoms with van der Waals surface area (Å²) in [6.45, 7) is 0. The maximum absolute atomic E-state index is 10.4. The largest absolute Gasteiger partial charge is 0.480 e. The number of carbonyl (C=O) groups is 1. The number of carboxylic acids is 1. The molecule has 1 aromatic heterocycles. The summed E-state index contributed by atoms with van der Waals surface area (Å²) in [5.74, 6) is -1.18. The van der Waals surface area contributed by atoms with Crippen LogP contribution in [0.5, 0.6) is 0 Å². The Morgan fingerprint density at radius 1 is 1.58 bits per heavy atom. The van der Waals surface area contributed by atoms with Crippen molar-refractivity contribution in [1.82, 2.24) is 9.97 Å². The van der Waals surface area contributed by atoms with Gasteiger partial charge >= 0.3 is 5.97 Å². The molecule has 1 atom stereocenters. The fourth-order valence-electron chi connectivity index (χ4n) is 0.657. The molecule has 0 amide bonds. The molecule has 3 N–H and O–H groups in total. The molecule has 6 heteroatoms. The van der Waals surface area contributed by atoms with Crippen molar-refractivity contribution in [1.29, 1.82) is 0 Å². The number of halogens is 1. The average molecular weight is 188 g/mol. The zero-order valence-electron chi connectivity index (χ0n) is 5.94. The minimum atomic E-state index is -1.22. The Balaban J connectivity index is 3.02. The van der Waals surface area contributed by atoms with Gasteiger partial charge in [-0.05, 0) is 0 Å². The van der Waals surface area contributed by atoms with Gasteiger partial charge in [0.05, 0.1) is 0 Å². The van der Waals surface area contributed by atoms with Crippen molar-refractivity contribution in [3.8, 4) is 0 Å². The van der Waals surface area contributed by atoms with Gasteiger partial charge in [0.1, 0.15) is 11.7 Å². The van der Waals surface area contributed by atoms with E-state index in [0.29, 0.717) is 0 Å². The lowest BCUT2D eigenvalue weighted by atomic mass is 10.2. The summed E-state index contributed by atoms with van der Waals surface area (Å²) < 4.78 is 0. The summed E-state index contributed by atoms with van der Waals surface area (Å²) in [7, 11) is 0. The van der Waals surface area contributed by atoms with Crippen molar-refractivity contribution >= 4 is 17.6 Å². The number of aliphatic carboxylic acids is 1. The molecular formula is C6H6ClN3O2. The normalized spacial score (nSPS) is 12.5. The lowest BCUT2D eigenvalue weighted by molar-refractivity contribution is -0.138. The van der Waals surface area contributed by atoms with Gasteiger partial charge in [-0.25, -0.2) is 4.98 Å². The van der Waals surface area contributed by atoms with Crippen LogP contribution in [-0.2, 0) is 4.79 Å². The Bertz CT molecular complexity index is 305. The van der Waals surface area contributed by atoms with Gasteiger partial charge < -0.3 is 10.8 Å². The highest BCUT2D eigenvalue weighted by molar-refractivity contribution is 6.30. The Hall–Kier alpha value is -1.20. The second-order valence-corrected chi connectivity index (χ2v) is 2.41. The SMILES string of the molecule is NC(C(=O)O)c1nccnc1Cl. The van der Waals surface area contributed by atoms with Crippen LogP contribution >= 0.6 is 11.6 Å². The molecule has 0 saturated carbocycles. The molecule has 0 aliphatic carbocycles. The summed E-state index contributed by atoms with van der Waals surface area (Å²) in [5, 5.41) is 8.53. The first-order valence-electron chi connectivity index (χ1n) is 3.07. The number of aromatic nitrogens is 2. The molecule has 0 aromatic carbocycles. The molecule has 1 aromatic rings. The third kappa shape index (κ3) is 1.69. The fraction of sp³-hybridized carbons (Fsp3) is 0.167. The molecule has 0 spiro atoms. The van der Waals surface area contributed by atoms with Gasteiger partial charge in [0.25, 0.3) is 0 Å². The number of rotatable bonds is 2. The number of hydrogen-bond acceptors (Lipinski definition) is 4. The first-order chi connectivity index (χ1) is 5.63. The molecule has 0 bridgehead atoms.